The molecule has 0 fully saturated rings. The summed E-state index contributed by atoms with van der Waals surface area (Å²) < 4.78 is 16.2. The molecule has 2 aliphatic carbocycles. The lowest BCUT2D eigenvalue weighted by Crippen LogP contribution is -2.37. The summed E-state index contributed by atoms with van der Waals surface area (Å²) in [6.07, 6.45) is 9.38. The standard InChI is InChI=1S/C60H40N2O2/c1-4-14-37(15-5-1)58-59-50(48-34-40(26-30-56(48)63-59)38-24-28-54-46(32-38)44-20-10-12-22-52(44)61(54)42-16-6-2-7-17-42)36-51-49-35-41(27-31-57(49)64-60(51)58)39-25-29-55-47(33-39)45-21-11-13-23-53(45)62(55)43-18-8-3-9-19-43/h1-36,46,51,54,60H. The van der Waals surface area contributed by atoms with Crippen molar-refractivity contribution in [3.63, 3.8) is 0 Å². The van der Waals surface area contributed by atoms with Gasteiger partial charge < -0.3 is 18.6 Å². The third kappa shape index (κ3) is 5.23. The molecular formula is C60H40N2O2. The number of benzene rings is 8. The lowest BCUT2D eigenvalue weighted by atomic mass is 9.83. The lowest BCUT2D eigenvalue weighted by molar-refractivity contribution is 0.279. The van der Waals surface area contributed by atoms with E-state index in [1.807, 2.05) is 0 Å². The second-order valence-electron chi connectivity index (χ2n) is 17.5. The van der Waals surface area contributed by atoms with Crippen molar-refractivity contribution < 1.29 is 9.15 Å². The van der Waals surface area contributed by atoms with Gasteiger partial charge in [0, 0.05) is 61.4 Å². The van der Waals surface area contributed by atoms with Crippen LogP contribution in [0.15, 0.2) is 217 Å². The maximum Gasteiger partial charge on any atom is 0.142 e. The van der Waals surface area contributed by atoms with Crippen LogP contribution >= 0.6 is 0 Å². The Morgan fingerprint density at radius 2 is 1.16 bits per heavy atom. The topological polar surface area (TPSA) is 30.5 Å². The van der Waals surface area contributed by atoms with Crippen molar-refractivity contribution in [3.8, 4) is 22.6 Å². The molecular weight excluding hydrogens is 781 g/mol. The summed E-state index contributed by atoms with van der Waals surface area (Å²) in [6.45, 7) is 0. The molecule has 0 amide bonds. The molecule has 0 saturated heterocycles. The Hall–Kier alpha value is -8.08. The van der Waals surface area contributed by atoms with Gasteiger partial charge in [0.15, 0.2) is 0 Å². The average Bonchev–Trinajstić information content (AvgIpc) is 4.11. The molecule has 4 unspecified atom stereocenters. The number of nitrogens with zero attached hydrogens (tertiary/aromatic N) is 2. The minimum Gasteiger partial charge on any atom is -0.484 e. The largest absolute Gasteiger partial charge is 0.484 e. The molecule has 0 radical (unpaired) electrons. The van der Waals surface area contributed by atoms with Crippen LogP contribution in [0.3, 0.4) is 0 Å². The number of rotatable bonds is 5. The van der Waals surface area contributed by atoms with Gasteiger partial charge in [0.2, 0.25) is 0 Å². The molecule has 2 aromatic heterocycles. The summed E-state index contributed by atoms with van der Waals surface area (Å²) >= 11 is 0. The predicted molar refractivity (Wildman–Crippen MR) is 261 cm³/mol. The number of hydrogen-bond donors (Lipinski definition) is 0. The Morgan fingerprint density at radius 1 is 0.469 bits per heavy atom. The van der Waals surface area contributed by atoms with Gasteiger partial charge in [0.1, 0.15) is 22.9 Å². The van der Waals surface area contributed by atoms with Crippen LogP contribution in [0.25, 0.3) is 66.8 Å². The zero-order valence-corrected chi connectivity index (χ0v) is 34.8. The predicted octanol–water partition coefficient (Wildman–Crippen LogP) is 13.0. The van der Waals surface area contributed by atoms with E-state index in [4.69, 9.17) is 9.15 Å². The van der Waals surface area contributed by atoms with Gasteiger partial charge in [0.25, 0.3) is 0 Å². The van der Waals surface area contributed by atoms with E-state index in [0.29, 0.717) is 0 Å². The normalized spacial score (nSPS) is 19.2. The van der Waals surface area contributed by atoms with Crippen LogP contribution in [-0.2, 0) is 0 Å². The fourth-order valence-electron chi connectivity index (χ4n) is 11.2. The van der Waals surface area contributed by atoms with Gasteiger partial charge in [-0.15, -0.1) is 0 Å². The molecule has 0 spiro atoms. The highest BCUT2D eigenvalue weighted by Gasteiger charge is 2.41. The van der Waals surface area contributed by atoms with Gasteiger partial charge in [-0.25, -0.2) is 0 Å². The van der Waals surface area contributed by atoms with Gasteiger partial charge in [-0.2, -0.15) is 0 Å². The van der Waals surface area contributed by atoms with Crippen molar-refractivity contribution >= 4 is 61.4 Å². The average molecular weight is 821 g/mol. The third-order valence-corrected chi connectivity index (χ3v) is 14.1. The number of fused-ring (bicyclic) bond motifs is 12. The second-order valence-corrected chi connectivity index (χ2v) is 17.5. The molecule has 14 rings (SSSR count). The number of ether oxygens (including phenoxy) is 1. The van der Waals surface area contributed by atoms with Gasteiger partial charge in [-0.3, -0.25) is 0 Å². The number of furan rings is 1. The molecule has 64 heavy (non-hydrogen) atoms. The Morgan fingerprint density at radius 3 is 2.02 bits per heavy atom. The number of allylic oxidation sites excluding steroid dienone is 2. The SMILES string of the molecule is C1=CC2C(C=C1c1ccc3oc4c(c3c1)=CC1c3cc(-c5ccc6c(c5)c5ccccc5n6-c5ccccc5)ccc3OC1C=4c1ccccc1)c1ccccc1N2c1ccccc1. The molecule has 10 aromatic rings. The van der Waals surface area contributed by atoms with Gasteiger partial charge in [-0.1, -0.05) is 146 Å². The van der Waals surface area contributed by atoms with Crippen LogP contribution in [0.5, 0.6) is 5.75 Å². The van der Waals surface area contributed by atoms with E-state index < -0.39 is 0 Å². The summed E-state index contributed by atoms with van der Waals surface area (Å²) in [4.78, 5) is 2.49. The van der Waals surface area contributed by atoms with Crippen LogP contribution in [0, 0.1) is 0 Å². The van der Waals surface area contributed by atoms with E-state index in [2.05, 4.69) is 228 Å². The van der Waals surface area contributed by atoms with Crippen molar-refractivity contribution in [3.05, 3.63) is 245 Å². The lowest BCUT2D eigenvalue weighted by Gasteiger charge is -2.29. The molecule has 4 aliphatic rings. The number of hydrogen-bond acceptors (Lipinski definition) is 3. The summed E-state index contributed by atoms with van der Waals surface area (Å²) in [5.41, 5.74) is 17.4. The van der Waals surface area contributed by atoms with Crippen molar-refractivity contribution in [1.29, 1.82) is 0 Å². The second kappa shape index (κ2) is 13.7. The summed E-state index contributed by atoms with van der Waals surface area (Å²) in [6, 6.07) is 70.3. The first-order chi connectivity index (χ1) is 31.7. The Labute approximate surface area is 370 Å². The Bertz CT molecular complexity index is 3730. The Kier molecular flexibility index (Phi) is 7.61. The molecule has 4 heteroatoms. The molecule has 0 N–H and O–H groups in total. The highest BCUT2D eigenvalue weighted by Crippen LogP contribution is 2.50. The monoisotopic (exact) mass is 820 g/mol. The van der Waals surface area contributed by atoms with Crippen LogP contribution in [0.4, 0.5) is 11.4 Å². The summed E-state index contributed by atoms with van der Waals surface area (Å²) in [5.74, 6) is 1.16. The molecule has 4 atom stereocenters. The smallest absolute Gasteiger partial charge is 0.142 e. The molecule has 2 aliphatic heterocycles. The molecule has 302 valence electrons. The maximum atomic E-state index is 6.98. The zero-order chi connectivity index (χ0) is 41.9. The van der Waals surface area contributed by atoms with E-state index >= 15 is 0 Å². The van der Waals surface area contributed by atoms with Crippen LogP contribution < -0.4 is 20.3 Å². The molecule has 4 heterocycles. The van der Waals surface area contributed by atoms with Crippen molar-refractivity contribution in [1.82, 2.24) is 4.57 Å². The minimum atomic E-state index is -0.220. The first-order valence-electron chi connectivity index (χ1n) is 22.3. The zero-order valence-electron chi connectivity index (χ0n) is 34.8. The molecule has 4 nitrogen and oxygen atoms in total. The van der Waals surface area contributed by atoms with Crippen molar-refractivity contribution in [2.45, 2.75) is 24.0 Å². The van der Waals surface area contributed by atoms with Crippen LogP contribution in [0.2, 0.25) is 0 Å². The van der Waals surface area contributed by atoms with Gasteiger partial charge in [0.05, 0.1) is 17.1 Å². The highest BCUT2D eigenvalue weighted by atomic mass is 16.5. The van der Waals surface area contributed by atoms with E-state index in [9.17, 15) is 0 Å². The van der Waals surface area contributed by atoms with Gasteiger partial charge in [-0.05, 0) is 106 Å². The van der Waals surface area contributed by atoms with Gasteiger partial charge >= 0.3 is 0 Å². The van der Waals surface area contributed by atoms with Crippen LogP contribution in [-0.4, -0.2) is 16.7 Å². The van der Waals surface area contributed by atoms with E-state index in [1.54, 1.807) is 0 Å². The summed E-state index contributed by atoms with van der Waals surface area (Å²) in [7, 11) is 0. The van der Waals surface area contributed by atoms with E-state index in [-0.39, 0.29) is 24.0 Å². The van der Waals surface area contributed by atoms with Crippen molar-refractivity contribution in [2.24, 2.45) is 0 Å². The fourth-order valence-corrected chi connectivity index (χ4v) is 11.2. The van der Waals surface area contributed by atoms with Crippen LogP contribution in [0.1, 0.15) is 34.1 Å². The number of para-hydroxylation sites is 4. The fraction of sp³-hybridized carbons (Fsp3) is 0.0667. The highest BCUT2D eigenvalue weighted by molar-refractivity contribution is 6.10. The Balaban J connectivity index is 0.889. The molecule has 0 saturated carbocycles. The quantitative estimate of drug-likeness (QED) is 0.173. The first kappa shape index (κ1) is 35.5. The first-order valence-corrected chi connectivity index (χ1v) is 22.3. The minimum absolute atomic E-state index is 0.000604. The number of anilines is 2. The third-order valence-electron chi connectivity index (χ3n) is 14.1. The number of aromatic nitrogens is 1. The van der Waals surface area contributed by atoms with E-state index in [1.165, 1.54) is 66.6 Å². The van der Waals surface area contributed by atoms with E-state index in [0.717, 1.165) is 44.2 Å². The molecule has 0 bridgehead atoms. The summed E-state index contributed by atoms with van der Waals surface area (Å²) in [5, 5.41) is 4.74. The maximum absolute atomic E-state index is 6.98. The van der Waals surface area contributed by atoms with Crippen molar-refractivity contribution in [2.75, 3.05) is 4.90 Å². The molecule has 8 aromatic carbocycles.